The lowest BCUT2D eigenvalue weighted by atomic mass is 10.0. The van der Waals surface area contributed by atoms with Gasteiger partial charge in [-0.2, -0.15) is 0 Å². The van der Waals surface area contributed by atoms with Crippen LogP contribution in [0.5, 0.6) is 5.75 Å². The van der Waals surface area contributed by atoms with Crippen LogP contribution in [0.15, 0.2) is 35.9 Å². The molecule has 0 saturated carbocycles. The molecule has 0 aliphatic carbocycles. The first-order chi connectivity index (χ1) is 11.1. The Morgan fingerprint density at radius 1 is 1.43 bits per heavy atom. The minimum atomic E-state index is 0.0896. The average molecular weight is 317 g/mol. The number of amides is 1. The maximum atomic E-state index is 12.5. The van der Waals surface area contributed by atoms with E-state index in [1.165, 1.54) is 0 Å². The van der Waals surface area contributed by atoms with E-state index in [0.717, 1.165) is 56.0 Å². The zero-order valence-electron chi connectivity index (χ0n) is 14.4. The maximum Gasteiger partial charge on any atom is 0.246 e. The number of hydrogen-bond acceptors (Lipinski definition) is 3. The molecule has 1 amide bonds. The number of allylic oxidation sites excluding steroid dienone is 1. The zero-order valence-corrected chi connectivity index (χ0v) is 14.4. The van der Waals surface area contributed by atoms with Crippen LogP contribution in [0, 0.1) is 5.92 Å². The molecular formula is C19H27NO3. The summed E-state index contributed by atoms with van der Waals surface area (Å²) in [5.74, 6) is 1.43. The topological polar surface area (TPSA) is 38.8 Å². The summed E-state index contributed by atoms with van der Waals surface area (Å²) in [6.45, 7) is 7.13. The van der Waals surface area contributed by atoms with E-state index in [4.69, 9.17) is 9.47 Å². The number of likely N-dealkylation sites (N-methyl/N-ethyl adjacent to an activating group) is 1. The van der Waals surface area contributed by atoms with Crippen molar-refractivity contribution >= 4 is 5.91 Å². The molecule has 23 heavy (non-hydrogen) atoms. The van der Waals surface area contributed by atoms with E-state index in [0.29, 0.717) is 5.92 Å². The fourth-order valence-electron chi connectivity index (χ4n) is 2.92. The van der Waals surface area contributed by atoms with Gasteiger partial charge in [-0.1, -0.05) is 23.8 Å². The van der Waals surface area contributed by atoms with Crippen LogP contribution in [0.2, 0.25) is 0 Å². The first-order valence-corrected chi connectivity index (χ1v) is 8.29. The summed E-state index contributed by atoms with van der Waals surface area (Å²) in [7, 11) is 1.67. The molecule has 2 rings (SSSR count). The fraction of sp³-hybridized carbons (Fsp3) is 0.526. The molecule has 0 N–H and O–H groups in total. The van der Waals surface area contributed by atoms with Crippen LogP contribution in [-0.4, -0.2) is 44.2 Å². The van der Waals surface area contributed by atoms with E-state index < -0.39 is 0 Å². The van der Waals surface area contributed by atoms with Crippen LogP contribution in [0.1, 0.15) is 25.8 Å². The zero-order chi connectivity index (χ0) is 16.7. The van der Waals surface area contributed by atoms with Crippen molar-refractivity contribution in [3.05, 3.63) is 41.5 Å². The van der Waals surface area contributed by atoms with Gasteiger partial charge in [0.2, 0.25) is 5.91 Å². The number of carbonyl (C=O) groups excluding carboxylic acids is 1. The number of hydrogen-bond donors (Lipinski definition) is 0. The normalized spacial score (nSPS) is 18.0. The highest BCUT2D eigenvalue weighted by Crippen LogP contribution is 2.21. The van der Waals surface area contributed by atoms with Gasteiger partial charge in [0.1, 0.15) is 5.75 Å². The molecule has 1 aliphatic heterocycles. The Morgan fingerprint density at radius 2 is 2.22 bits per heavy atom. The van der Waals surface area contributed by atoms with E-state index >= 15 is 0 Å². The van der Waals surface area contributed by atoms with Crippen molar-refractivity contribution < 1.29 is 14.3 Å². The lowest BCUT2D eigenvalue weighted by Gasteiger charge is -2.22. The average Bonchev–Trinajstić information content (AvgIpc) is 3.06. The third-order valence-corrected chi connectivity index (χ3v) is 4.23. The molecule has 1 aromatic carbocycles. The van der Waals surface area contributed by atoms with Crippen molar-refractivity contribution in [3.63, 3.8) is 0 Å². The van der Waals surface area contributed by atoms with Crippen LogP contribution in [0.25, 0.3) is 0 Å². The van der Waals surface area contributed by atoms with Crippen LogP contribution >= 0.6 is 0 Å². The molecule has 1 heterocycles. The van der Waals surface area contributed by atoms with Gasteiger partial charge in [-0.3, -0.25) is 4.79 Å². The highest BCUT2D eigenvalue weighted by atomic mass is 16.5. The molecule has 0 spiro atoms. The van der Waals surface area contributed by atoms with E-state index in [9.17, 15) is 4.79 Å². The van der Waals surface area contributed by atoms with Crippen molar-refractivity contribution in [2.75, 3.05) is 33.4 Å². The third-order valence-electron chi connectivity index (χ3n) is 4.23. The van der Waals surface area contributed by atoms with Gasteiger partial charge in [-0.05, 0) is 38.3 Å². The standard InChI is InChI=1S/C19H27NO3/c1-4-20(13-16-9-10-23-14-16)19(21)12-15(2)11-17-7-5-6-8-18(17)22-3/h5-8,12,16H,4,9-11,13-14H2,1-3H3/b15-12+/t16-/m1/s1. The Bertz CT molecular complexity index is 547. The summed E-state index contributed by atoms with van der Waals surface area (Å²) in [5, 5.41) is 0. The van der Waals surface area contributed by atoms with Crippen molar-refractivity contribution in [1.29, 1.82) is 0 Å². The van der Waals surface area contributed by atoms with Gasteiger partial charge in [0.15, 0.2) is 0 Å². The Morgan fingerprint density at radius 3 is 2.87 bits per heavy atom. The first-order valence-electron chi connectivity index (χ1n) is 8.29. The SMILES string of the molecule is CCN(C[C@H]1CCOC1)C(=O)/C=C(\C)Cc1ccccc1OC. The Kier molecular flexibility index (Phi) is 6.66. The van der Waals surface area contributed by atoms with Gasteiger partial charge < -0.3 is 14.4 Å². The molecular weight excluding hydrogens is 290 g/mol. The second-order valence-corrected chi connectivity index (χ2v) is 6.09. The third kappa shape index (κ3) is 5.10. The summed E-state index contributed by atoms with van der Waals surface area (Å²) < 4.78 is 10.8. The number of carbonyl (C=O) groups is 1. The predicted molar refractivity (Wildman–Crippen MR) is 91.6 cm³/mol. The van der Waals surface area contributed by atoms with Crippen molar-refractivity contribution in [2.45, 2.75) is 26.7 Å². The molecule has 4 nitrogen and oxygen atoms in total. The number of rotatable bonds is 7. The molecule has 1 atom stereocenters. The largest absolute Gasteiger partial charge is 0.496 e. The van der Waals surface area contributed by atoms with Gasteiger partial charge in [0.25, 0.3) is 0 Å². The summed E-state index contributed by atoms with van der Waals surface area (Å²) >= 11 is 0. The monoisotopic (exact) mass is 317 g/mol. The van der Waals surface area contributed by atoms with E-state index in [-0.39, 0.29) is 5.91 Å². The summed E-state index contributed by atoms with van der Waals surface area (Å²) in [4.78, 5) is 14.4. The smallest absolute Gasteiger partial charge is 0.246 e. The maximum absolute atomic E-state index is 12.5. The molecule has 1 aromatic rings. The molecule has 1 fully saturated rings. The molecule has 126 valence electrons. The highest BCUT2D eigenvalue weighted by molar-refractivity contribution is 5.88. The number of methoxy groups -OCH3 is 1. The molecule has 4 heteroatoms. The second-order valence-electron chi connectivity index (χ2n) is 6.09. The van der Waals surface area contributed by atoms with Crippen molar-refractivity contribution in [3.8, 4) is 5.75 Å². The number of nitrogens with zero attached hydrogens (tertiary/aromatic N) is 1. The molecule has 0 radical (unpaired) electrons. The van der Waals surface area contributed by atoms with Crippen LogP contribution in [0.3, 0.4) is 0 Å². The molecule has 0 aromatic heterocycles. The minimum absolute atomic E-state index is 0.0896. The molecule has 1 saturated heterocycles. The van der Waals surface area contributed by atoms with Crippen LogP contribution in [-0.2, 0) is 16.0 Å². The number of para-hydroxylation sites is 1. The Labute approximate surface area is 139 Å². The highest BCUT2D eigenvalue weighted by Gasteiger charge is 2.20. The van der Waals surface area contributed by atoms with Gasteiger partial charge >= 0.3 is 0 Å². The van der Waals surface area contributed by atoms with Crippen molar-refractivity contribution in [1.82, 2.24) is 4.90 Å². The number of benzene rings is 1. The van der Waals surface area contributed by atoms with Crippen LogP contribution < -0.4 is 4.74 Å². The van der Waals surface area contributed by atoms with Gasteiger partial charge in [0, 0.05) is 31.7 Å². The summed E-state index contributed by atoms with van der Waals surface area (Å²) in [6.07, 6.45) is 3.53. The Balaban J connectivity index is 1.98. The lowest BCUT2D eigenvalue weighted by molar-refractivity contribution is -0.126. The van der Waals surface area contributed by atoms with E-state index in [1.54, 1.807) is 13.2 Å². The van der Waals surface area contributed by atoms with Crippen LogP contribution in [0.4, 0.5) is 0 Å². The lowest BCUT2D eigenvalue weighted by Crippen LogP contribution is -2.34. The molecule has 0 unspecified atom stereocenters. The van der Waals surface area contributed by atoms with Crippen molar-refractivity contribution in [2.24, 2.45) is 5.92 Å². The van der Waals surface area contributed by atoms with Gasteiger partial charge in [-0.15, -0.1) is 0 Å². The van der Waals surface area contributed by atoms with Gasteiger partial charge in [0.05, 0.1) is 13.7 Å². The second kappa shape index (κ2) is 8.73. The predicted octanol–water partition coefficient (Wildman–Crippen LogP) is 3.07. The van der Waals surface area contributed by atoms with E-state index in [1.807, 2.05) is 43.0 Å². The molecule has 1 aliphatic rings. The minimum Gasteiger partial charge on any atom is -0.496 e. The van der Waals surface area contributed by atoms with E-state index in [2.05, 4.69) is 0 Å². The number of ether oxygens (including phenoxy) is 2. The summed E-state index contributed by atoms with van der Waals surface area (Å²) in [5.41, 5.74) is 2.14. The fourth-order valence-corrected chi connectivity index (χ4v) is 2.92. The first kappa shape index (κ1) is 17.5. The Hall–Kier alpha value is -1.81. The molecule has 0 bridgehead atoms. The van der Waals surface area contributed by atoms with Gasteiger partial charge in [-0.25, -0.2) is 0 Å². The quantitative estimate of drug-likeness (QED) is 0.726. The summed E-state index contributed by atoms with van der Waals surface area (Å²) in [6, 6.07) is 7.93.